The summed E-state index contributed by atoms with van der Waals surface area (Å²) in [6.45, 7) is 0.528. The highest BCUT2D eigenvalue weighted by Gasteiger charge is 2.23. The summed E-state index contributed by atoms with van der Waals surface area (Å²) in [5, 5.41) is 8.47. The first-order chi connectivity index (χ1) is 8.58. The summed E-state index contributed by atoms with van der Waals surface area (Å²) in [7, 11) is 0. The summed E-state index contributed by atoms with van der Waals surface area (Å²) >= 11 is 0. The van der Waals surface area contributed by atoms with E-state index in [2.05, 4.69) is 0 Å². The molecule has 1 aliphatic rings. The number of anilines is 1. The van der Waals surface area contributed by atoms with Crippen molar-refractivity contribution in [1.29, 1.82) is 0 Å². The third-order valence-corrected chi connectivity index (χ3v) is 2.75. The maximum Gasteiger partial charge on any atom is 0.328 e. The molecule has 0 aliphatic carbocycles. The van der Waals surface area contributed by atoms with Crippen LogP contribution < -0.4 is 4.90 Å². The van der Waals surface area contributed by atoms with Crippen LogP contribution in [0, 0.1) is 5.82 Å². The number of rotatable bonds is 3. The quantitative estimate of drug-likeness (QED) is 0.834. The van der Waals surface area contributed by atoms with Gasteiger partial charge in [-0.3, -0.25) is 4.79 Å². The Morgan fingerprint density at radius 3 is 2.78 bits per heavy atom. The van der Waals surface area contributed by atoms with Gasteiger partial charge in [0, 0.05) is 19.0 Å². The van der Waals surface area contributed by atoms with Crippen LogP contribution in [0.5, 0.6) is 0 Å². The first-order valence-corrected chi connectivity index (χ1v) is 5.59. The monoisotopic (exact) mass is 249 g/mol. The van der Waals surface area contributed by atoms with E-state index in [0.29, 0.717) is 18.5 Å². The first-order valence-electron chi connectivity index (χ1n) is 5.59. The number of amides is 1. The lowest BCUT2D eigenvalue weighted by Crippen LogP contribution is -2.24. The number of hydrogen-bond donors (Lipinski definition) is 1. The van der Waals surface area contributed by atoms with Crippen molar-refractivity contribution >= 4 is 23.6 Å². The largest absolute Gasteiger partial charge is 0.478 e. The summed E-state index contributed by atoms with van der Waals surface area (Å²) in [6.07, 6.45) is 3.43. The van der Waals surface area contributed by atoms with Crippen molar-refractivity contribution in [2.45, 2.75) is 12.8 Å². The Bertz CT molecular complexity index is 525. The van der Waals surface area contributed by atoms with Crippen molar-refractivity contribution < 1.29 is 19.1 Å². The van der Waals surface area contributed by atoms with E-state index in [1.54, 1.807) is 6.07 Å². The zero-order valence-electron chi connectivity index (χ0n) is 9.60. The lowest BCUT2D eigenvalue weighted by Gasteiger charge is -2.16. The minimum atomic E-state index is -1.09. The fraction of sp³-hybridized carbons (Fsp3) is 0.231. The molecule has 0 spiro atoms. The van der Waals surface area contributed by atoms with E-state index >= 15 is 0 Å². The lowest BCUT2D eigenvalue weighted by atomic mass is 10.1. The highest BCUT2D eigenvalue weighted by atomic mass is 19.1. The Hall–Kier alpha value is -2.17. The van der Waals surface area contributed by atoms with Gasteiger partial charge in [-0.05, 0) is 30.2 Å². The van der Waals surface area contributed by atoms with Gasteiger partial charge >= 0.3 is 5.97 Å². The van der Waals surface area contributed by atoms with Crippen molar-refractivity contribution in [2.75, 3.05) is 11.4 Å². The summed E-state index contributed by atoms with van der Waals surface area (Å²) in [6, 6.07) is 4.31. The van der Waals surface area contributed by atoms with E-state index in [1.165, 1.54) is 23.1 Å². The van der Waals surface area contributed by atoms with Crippen molar-refractivity contribution in [1.82, 2.24) is 0 Å². The molecule has 94 valence electrons. The highest BCUT2D eigenvalue weighted by molar-refractivity contribution is 5.95. The second-order valence-electron chi connectivity index (χ2n) is 4.03. The molecule has 1 fully saturated rings. The van der Waals surface area contributed by atoms with Gasteiger partial charge in [-0.2, -0.15) is 0 Å². The number of carboxylic acids is 1. The SMILES string of the molecule is O=C(O)C=Cc1ccc(N2CCCC2=O)c(F)c1. The second kappa shape index (κ2) is 5.00. The Morgan fingerprint density at radius 1 is 1.44 bits per heavy atom. The molecule has 1 saturated heterocycles. The van der Waals surface area contributed by atoms with E-state index in [0.717, 1.165) is 12.5 Å². The summed E-state index contributed by atoms with van der Waals surface area (Å²) in [4.78, 5) is 23.3. The molecule has 0 unspecified atom stereocenters. The Balaban J connectivity index is 2.25. The molecule has 1 aromatic carbocycles. The number of carbonyl (C=O) groups is 2. The van der Waals surface area contributed by atoms with Crippen LogP contribution in [0.15, 0.2) is 24.3 Å². The maximum atomic E-state index is 13.8. The lowest BCUT2D eigenvalue weighted by molar-refractivity contribution is -0.131. The molecule has 0 radical (unpaired) electrons. The van der Waals surface area contributed by atoms with Gasteiger partial charge < -0.3 is 10.0 Å². The van der Waals surface area contributed by atoms with Crippen molar-refractivity contribution in [3.63, 3.8) is 0 Å². The third-order valence-electron chi connectivity index (χ3n) is 2.75. The molecule has 0 aromatic heterocycles. The third kappa shape index (κ3) is 2.56. The van der Waals surface area contributed by atoms with Crippen LogP contribution in [0.4, 0.5) is 10.1 Å². The molecule has 0 atom stereocenters. The van der Waals surface area contributed by atoms with Crippen molar-refractivity contribution in [3.05, 3.63) is 35.7 Å². The predicted octanol–water partition coefficient (Wildman–Crippen LogP) is 2.05. The molecule has 1 heterocycles. The number of benzene rings is 1. The topological polar surface area (TPSA) is 57.6 Å². The van der Waals surface area contributed by atoms with Gasteiger partial charge in [0.05, 0.1) is 5.69 Å². The normalized spacial score (nSPS) is 15.6. The molecule has 1 amide bonds. The average molecular weight is 249 g/mol. The smallest absolute Gasteiger partial charge is 0.328 e. The molecule has 1 N–H and O–H groups in total. The molecule has 5 heteroatoms. The van der Waals surface area contributed by atoms with Crippen molar-refractivity contribution in [3.8, 4) is 0 Å². The average Bonchev–Trinajstić information content (AvgIpc) is 2.73. The van der Waals surface area contributed by atoms with Gasteiger partial charge in [0.15, 0.2) is 0 Å². The van der Waals surface area contributed by atoms with Crippen LogP contribution in [0.25, 0.3) is 6.08 Å². The van der Waals surface area contributed by atoms with Crippen LogP contribution in [0.1, 0.15) is 18.4 Å². The first kappa shape index (κ1) is 12.3. The van der Waals surface area contributed by atoms with E-state index in [9.17, 15) is 14.0 Å². The molecular weight excluding hydrogens is 237 g/mol. The molecule has 2 rings (SSSR count). The zero-order valence-corrected chi connectivity index (χ0v) is 9.60. The fourth-order valence-electron chi connectivity index (χ4n) is 1.92. The highest BCUT2D eigenvalue weighted by Crippen LogP contribution is 2.25. The standard InChI is InChI=1S/C13H12FNO3/c14-10-8-9(4-6-13(17)18)3-5-11(10)15-7-1-2-12(15)16/h3-6,8H,1-2,7H2,(H,17,18). The zero-order chi connectivity index (χ0) is 13.1. The van der Waals surface area contributed by atoms with Crippen LogP contribution in [-0.4, -0.2) is 23.5 Å². The van der Waals surface area contributed by atoms with Gasteiger partial charge in [0.1, 0.15) is 5.82 Å². The minimum absolute atomic E-state index is 0.0808. The summed E-state index contributed by atoms with van der Waals surface area (Å²) in [5.74, 6) is -1.69. The molecule has 4 nitrogen and oxygen atoms in total. The number of hydrogen-bond acceptors (Lipinski definition) is 2. The predicted molar refractivity (Wildman–Crippen MR) is 64.7 cm³/mol. The maximum absolute atomic E-state index is 13.8. The van der Waals surface area contributed by atoms with Crippen LogP contribution in [0.2, 0.25) is 0 Å². The van der Waals surface area contributed by atoms with E-state index in [4.69, 9.17) is 5.11 Å². The molecular formula is C13H12FNO3. The van der Waals surface area contributed by atoms with Gasteiger partial charge in [0.2, 0.25) is 5.91 Å². The second-order valence-corrected chi connectivity index (χ2v) is 4.03. The number of aliphatic carboxylic acids is 1. The van der Waals surface area contributed by atoms with E-state index < -0.39 is 11.8 Å². The molecule has 0 bridgehead atoms. The Labute approximate surface area is 103 Å². The van der Waals surface area contributed by atoms with Crippen LogP contribution in [0.3, 0.4) is 0 Å². The summed E-state index contributed by atoms with van der Waals surface area (Å²) in [5.41, 5.74) is 0.704. The Kier molecular flexibility index (Phi) is 3.41. The van der Waals surface area contributed by atoms with Crippen LogP contribution >= 0.6 is 0 Å². The fourth-order valence-corrected chi connectivity index (χ4v) is 1.92. The van der Waals surface area contributed by atoms with Gasteiger partial charge in [-0.1, -0.05) is 6.07 Å². The molecule has 0 saturated carbocycles. The molecule has 1 aromatic rings. The van der Waals surface area contributed by atoms with Crippen LogP contribution in [-0.2, 0) is 9.59 Å². The van der Waals surface area contributed by atoms with Gasteiger partial charge in [0.25, 0.3) is 0 Å². The molecule has 1 aliphatic heterocycles. The number of nitrogens with zero attached hydrogens (tertiary/aromatic N) is 1. The van der Waals surface area contributed by atoms with Gasteiger partial charge in [-0.15, -0.1) is 0 Å². The number of carboxylic acid groups (broad SMARTS) is 1. The van der Waals surface area contributed by atoms with E-state index in [1.807, 2.05) is 0 Å². The van der Waals surface area contributed by atoms with E-state index in [-0.39, 0.29) is 11.6 Å². The van der Waals surface area contributed by atoms with Gasteiger partial charge in [-0.25, -0.2) is 9.18 Å². The molecule has 18 heavy (non-hydrogen) atoms. The number of carbonyl (C=O) groups excluding carboxylic acids is 1. The summed E-state index contributed by atoms with van der Waals surface area (Å²) < 4.78 is 13.8. The minimum Gasteiger partial charge on any atom is -0.478 e. The Morgan fingerprint density at radius 2 is 2.22 bits per heavy atom. The number of halogens is 1. The van der Waals surface area contributed by atoms with Crippen molar-refractivity contribution in [2.24, 2.45) is 0 Å².